The molecule has 1 heterocycles. The van der Waals surface area contributed by atoms with E-state index in [4.69, 9.17) is 4.74 Å². The normalized spacial score (nSPS) is 12.9. The van der Waals surface area contributed by atoms with Crippen LogP contribution in [0.3, 0.4) is 0 Å². The number of carbonyl (C=O) groups is 3. The van der Waals surface area contributed by atoms with Crippen LogP contribution in [-0.2, 0) is 40.2 Å². The molecule has 278 valence electrons. The number of nitrogens with one attached hydrogen (secondary N) is 3. The van der Waals surface area contributed by atoms with Crippen molar-refractivity contribution in [1.29, 1.82) is 0 Å². The first-order valence-electron chi connectivity index (χ1n) is 18.4. The molecule has 1 unspecified atom stereocenters. The molecule has 3 amide bonds. The van der Waals surface area contributed by atoms with Crippen molar-refractivity contribution in [3.63, 3.8) is 0 Å². The van der Waals surface area contributed by atoms with Crippen molar-refractivity contribution in [3.05, 3.63) is 138 Å². The van der Waals surface area contributed by atoms with Gasteiger partial charge in [-0.3, -0.25) is 9.59 Å². The third-order valence-corrected chi connectivity index (χ3v) is 9.29. The van der Waals surface area contributed by atoms with Crippen molar-refractivity contribution in [2.75, 3.05) is 19.7 Å². The lowest BCUT2D eigenvalue weighted by atomic mass is 9.93. The maximum atomic E-state index is 14.5. The smallest absolute Gasteiger partial charge is 0.410 e. The molecule has 0 aliphatic carbocycles. The van der Waals surface area contributed by atoms with Gasteiger partial charge in [-0.2, -0.15) is 0 Å². The molecule has 3 atom stereocenters. The number of aromatic amines is 1. The van der Waals surface area contributed by atoms with E-state index in [1.807, 2.05) is 105 Å². The molecular weight excluding hydrogens is 667 g/mol. The average molecular weight is 718 g/mol. The summed E-state index contributed by atoms with van der Waals surface area (Å²) in [4.78, 5) is 50.9. The monoisotopic (exact) mass is 717 g/mol. The second-order valence-corrected chi connectivity index (χ2v) is 14.0. The fourth-order valence-electron chi connectivity index (χ4n) is 6.59. The summed E-state index contributed by atoms with van der Waals surface area (Å²) in [6.45, 7) is 4.36. The number of H-pyrrole nitrogens is 1. The fourth-order valence-corrected chi connectivity index (χ4v) is 6.59. The Hall–Kier alpha value is -5.48. The number of hydrogen-bond donors (Lipinski definition) is 4. The fraction of sp³-hybridized carbons (Fsp3) is 0.349. The Morgan fingerprint density at radius 1 is 0.830 bits per heavy atom. The van der Waals surface area contributed by atoms with E-state index >= 15 is 0 Å². The lowest BCUT2D eigenvalue weighted by Gasteiger charge is -2.29. The van der Waals surface area contributed by atoms with E-state index in [0.29, 0.717) is 31.5 Å². The molecule has 0 spiro atoms. The molecule has 4 N–H and O–H groups in total. The van der Waals surface area contributed by atoms with Gasteiger partial charge in [0.25, 0.3) is 0 Å². The van der Waals surface area contributed by atoms with E-state index in [1.165, 1.54) is 6.33 Å². The summed E-state index contributed by atoms with van der Waals surface area (Å²) in [6, 6.07) is 32.2. The summed E-state index contributed by atoms with van der Waals surface area (Å²) in [7, 11) is 0. The number of aromatic nitrogens is 2. The van der Waals surface area contributed by atoms with Gasteiger partial charge in [-0.05, 0) is 59.1 Å². The summed E-state index contributed by atoms with van der Waals surface area (Å²) < 4.78 is 5.83. The quantitative estimate of drug-likeness (QED) is 0.0799. The number of hydrogen-bond acceptors (Lipinski definition) is 6. The second kappa shape index (κ2) is 19.9. The largest absolute Gasteiger partial charge is 0.445 e. The number of aliphatic hydroxyl groups is 1. The maximum Gasteiger partial charge on any atom is 0.410 e. The number of rotatable bonds is 19. The second-order valence-electron chi connectivity index (χ2n) is 14.0. The van der Waals surface area contributed by atoms with E-state index in [-0.39, 0.29) is 38.0 Å². The predicted molar refractivity (Wildman–Crippen MR) is 207 cm³/mol. The van der Waals surface area contributed by atoms with Crippen molar-refractivity contribution < 1.29 is 24.2 Å². The Morgan fingerprint density at radius 3 is 2.23 bits per heavy atom. The number of imidazole rings is 1. The predicted octanol–water partition coefficient (Wildman–Crippen LogP) is 6.24. The lowest BCUT2D eigenvalue weighted by molar-refractivity contribution is -0.132. The van der Waals surface area contributed by atoms with E-state index in [0.717, 1.165) is 33.9 Å². The van der Waals surface area contributed by atoms with E-state index in [9.17, 15) is 19.5 Å². The first-order chi connectivity index (χ1) is 25.8. The summed E-state index contributed by atoms with van der Waals surface area (Å²) in [5, 5.41) is 18.1. The van der Waals surface area contributed by atoms with Crippen LogP contribution < -0.4 is 10.6 Å². The third-order valence-electron chi connectivity index (χ3n) is 9.29. The zero-order valence-electron chi connectivity index (χ0n) is 30.6. The highest BCUT2D eigenvalue weighted by molar-refractivity contribution is 5.90. The van der Waals surface area contributed by atoms with Gasteiger partial charge in [0.05, 0.1) is 24.9 Å². The van der Waals surface area contributed by atoms with Gasteiger partial charge in [-0.25, -0.2) is 9.78 Å². The van der Waals surface area contributed by atoms with E-state index < -0.39 is 30.0 Å². The number of aliphatic hydroxyl groups excluding tert-OH is 1. The highest BCUT2D eigenvalue weighted by Gasteiger charge is 2.31. The van der Waals surface area contributed by atoms with Gasteiger partial charge < -0.3 is 30.4 Å². The first kappa shape index (κ1) is 38.7. The molecule has 5 aromatic rings. The lowest BCUT2D eigenvalue weighted by Crippen LogP contribution is -2.54. The Morgan fingerprint density at radius 2 is 1.53 bits per heavy atom. The molecule has 0 saturated heterocycles. The first-order valence-corrected chi connectivity index (χ1v) is 18.4. The van der Waals surface area contributed by atoms with E-state index in [1.54, 1.807) is 11.1 Å². The van der Waals surface area contributed by atoms with Gasteiger partial charge in [0.15, 0.2) is 0 Å². The number of benzene rings is 4. The SMILES string of the molecule is CC(C)C[C@@H](CO)NC(=O)[C@H](Cc1cnc[nH]1)NC(=O)C(Cc1cccc2ccccc12)CN(CCCc1ccccc1)C(=O)OCc1ccccc1. The van der Waals surface area contributed by atoms with Gasteiger partial charge >= 0.3 is 6.09 Å². The van der Waals surface area contributed by atoms with Crippen LogP contribution >= 0.6 is 0 Å². The zero-order valence-corrected chi connectivity index (χ0v) is 30.6. The zero-order chi connectivity index (χ0) is 37.4. The summed E-state index contributed by atoms with van der Waals surface area (Å²) in [6.07, 6.45) is 5.11. The molecule has 10 heteroatoms. The molecule has 0 bridgehead atoms. The van der Waals surface area contributed by atoms with Crippen molar-refractivity contribution in [2.45, 2.75) is 64.6 Å². The van der Waals surface area contributed by atoms with Gasteiger partial charge in [0.1, 0.15) is 12.6 Å². The number of ether oxygens (including phenoxy) is 1. The van der Waals surface area contributed by atoms with Crippen LogP contribution in [0.2, 0.25) is 0 Å². The van der Waals surface area contributed by atoms with Crippen LogP contribution in [-0.4, -0.2) is 69.7 Å². The Labute approximate surface area is 312 Å². The third kappa shape index (κ3) is 12.0. The number of aryl methyl sites for hydroxylation is 1. The average Bonchev–Trinajstić information content (AvgIpc) is 3.69. The molecule has 0 aliphatic heterocycles. The molecule has 0 saturated carbocycles. The van der Waals surface area contributed by atoms with Gasteiger partial charge in [-0.15, -0.1) is 0 Å². The molecule has 10 nitrogen and oxygen atoms in total. The van der Waals surface area contributed by atoms with Gasteiger partial charge in [0.2, 0.25) is 11.8 Å². The van der Waals surface area contributed by atoms with Crippen molar-refractivity contribution >= 4 is 28.7 Å². The van der Waals surface area contributed by atoms with Crippen LogP contribution in [0, 0.1) is 11.8 Å². The molecule has 4 aromatic carbocycles. The minimum Gasteiger partial charge on any atom is -0.445 e. The van der Waals surface area contributed by atoms with E-state index in [2.05, 4.69) is 32.7 Å². The Balaban J connectivity index is 1.43. The summed E-state index contributed by atoms with van der Waals surface area (Å²) in [5.74, 6) is -1.26. The molecule has 5 rings (SSSR count). The molecular formula is C43H51N5O5. The highest BCUT2D eigenvalue weighted by atomic mass is 16.6. The molecule has 0 aliphatic rings. The van der Waals surface area contributed by atoms with Crippen LogP contribution in [0.5, 0.6) is 0 Å². The van der Waals surface area contributed by atoms with Crippen LogP contribution in [0.4, 0.5) is 4.79 Å². The van der Waals surface area contributed by atoms with Crippen LogP contribution in [0.25, 0.3) is 10.8 Å². The standard InChI is InChI=1S/C43H51N5O5/c1-31(2)23-38(28-49)46-42(51)40(25-37-26-44-30-45-37)47-41(50)36(24-35-20-11-19-34-18-9-10-21-39(34)35)27-48(22-12-17-32-13-5-3-6-14-32)43(52)53-29-33-15-7-4-8-16-33/h3-11,13-16,18-21,26,30-31,36,38,40,49H,12,17,22-25,27-29H2,1-2H3,(H,44,45)(H,46,51)(H,47,50)/t36?,38-,40-/m0/s1. The maximum absolute atomic E-state index is 14.5. The molecule has 0 radical (unpaired) electrons. The number of nitrogens with zero attached hydrogens (tertiary/aromatic N) is 2. The number of fused-ring (bicyclic) bond motifs is 1. The summed E-state index contributed by atoms with van der Waals surface area (Å²) >= 11 is 0. The van der Waals surface area contributed by atoms with Crippen LogP contribution in [0.1, 0.15) is 49.1 Å². The molecule has 0 fully saturated rings. The molecule has 53 heavy (non-hydrogen) atoms. The molecule has 1 aromatic heterocycles. The summed E-state index contributed by atoms with van der Waals surface area (Å²) in [5.41, 5.74) is 3.65. The van der Waals surface area contributed by atoms with Crippen molar-refractivity contribution in [2.24, 2.45) is 11.8 Å². The number of amides is 3. The topological polar surface area (TPSA) is 137 Å². The Kier molecular flexibility index (Phi) is 14.6. The van der Waals surface area contributed by atoms with Gasteiger partial charge in [0, 0.05) is 31.4 Å². The van der Waals surface area contributed by atoms with Crippen LogP contribution in [0.15, 0.2) is 116 Å². The van der Waals surface area contributed by atoms with Gasteiger partial charge in [-0.1, -0.05) is 117 Å². The number of carbonyl (C=O) groups excluding carboxylic acids is 3. The highest BCUT2D eigenvalue weighted by Crippen LogP contribution is 2.23. The van der Waals surface area contributed by atoms with Crippen molar-refractivity contribution in [3.8, 4) is 0 Å². The minimum atomic E-state index is -0.962. The van der Waals surface area contributed by atoms with Crippen molar-refractivity contribution in [1.82, 2.24) is 25.5 Å². The Bertz CT molecular complexity index is 1860. The minimum absolute atomic E-state index is 0.0719.